The van der Waals surface area contributed by atoms with Gasteiger partial charge >= 0.3 is 5.97 Å². The molecule has 0 unspecified atom stereocenters. The van der Waals surface area contributed by atoms with Gasteiger partial charge < -0.3 is 14.6 Å². The van der Waals surface area contributed by atoms with Crippen molar-refractivity contribution in [3.63, 3.8) is 0 Å². The van der Waals surface area contributed by atoms with Gasteiger partial charge in [0.25, 0.3) is 0 Å². The molecule has 0 amide bonds. The van der Waals surface area contributed by atoms with Crippen LogP contribution in [0.1, 0.15) is 41.8 Å². The smallest absolute Gasteiger partial charge is 0.347 e. The number of hydrogen-bond acceptors (Lipinski definition) is 4. The maximum Gasteiger partial charge on any atom is 0.347 e. The lowest BCUT2D eigenvalue weighted by atomic mass is 10.1. The Morgan fingerprint density at radius 1 is 1.12 bits per heavy atom. The number of carboxylic acid groups (broad SMARTS) is 1. The van der Waals surface area contributed by atoms with Gasteiger partial charge in [-0.2, -0.15) is 0 Å². The summed E-state index contributed by atoms with van der Waals surface area (Å²) in [5.74, 6) is -0.267. The summed E-state index contributed by atoms with van der Waals surface area (Å²) in [6, 6.07) is 13.4. The molecule has 0 saturated heterocycles. The van der Waals surface area contributed by atoms with Crippen LogP contribution in [0.5, 0.6) is 11.5 Å². The third-order valence-electron chi connectivity index (χ3n) is 4.46. The number of carbonyl (C=O) groups excluding carboxylic acids is 1. The van der Waals surface area contributed by atoms with E-state index < -0.39 is 11.6 Å². The molecule has 3 rings (SSSR count). The van der Waals surface area contributed by atoms with Crippen molar-refractivity contribution in [2.75, 3.05) is 6.61 Å². The molecule has 2 aromatic rings. The van der Waals surface area contributed by atoms with Crippen LogP contribution in [0.3, 0.4) is 0 Å². The predicted octanol–water partition coefficient (Wildman–Crippen LogP) is 3.68. The summed E-state index contributed by atoms with van der Waals surface area (Å²) >= 11 is 0. The lowest BCUT2D eigenvalue weighted by molar-refractivity contribution is -0.152. The Kier molecular flexibility index (Phi) is 4.98. The monoisotopic (exact) mass is 354 g/mol. The van der Waals surface area contributed by atoms with Crippen LogP contribution in [0.4, 0.5) is 0 Å². The zero-order valence-electron chi connectivity index (χ0n) is 15.0. The maximum atomic E-state index is 12.0. The van der Waals surface area contributed by atoms with Crippen molar-refractivity contribution in [1.29, 1.82) is 0 Å². The number of ether oxygens (including phenoxy) is 2. The molecule has 136 valence electrons. The Morgan fingerprint density at radius 2 is 1.85 bits per heavy atom. The highest BCUT2D eigenvalue weighted by Gasteiger charge is 2.32. The largest absolute Gasteiger partial charge is 0.489 e. The fraction of sp³-hybridized carbons (Fsp3) is 0.333. The molecule has 1 aliphatic rings. The number of benzene rings is 2. The van der Waals surface area contributed by atoms with Crippen molar-refractivity contribution in [3.8, 4) is 11.5 Å². The van der Waals surface area contributed by atoms with E-state index in [1.807, 2.05) is 30.3 Å². The number of fused-ring (bicyclic) bond motifs is 1. The summed E-state index contributed by atoms with van der Waals surface area (Å²) in [4.78, 5) is 23.4. The van der Waals surface area contributed by atoms with Crippen LogP contribution in [-0.4, -0.2) is 29.1 Å². The summed E-state index contributed by atoms with van der Waals surface area (Å²) in [7, 11) is 0. The molecular weight excluding hydrogens is 332 g/mol. The number of carbonyl (C=O) groups is 2. The van der Waals surface area contributed by atoms with Crippen LogP contribution in [0.15, 0.2) is 42.5 Å². The zero-order chi connectivity index (χ0) is 18.7. The molecule has 0 heterocycles. The second-order valence-electron chi connectivity index (χ2n) is 6.88. The van der Waals surface area contributed by atoms with Gasteiger partial charge in [0, 0.05) is 18.4 Å². The van der Waals surface area contributed by atoms with Gasteiger partial charge in [-0.25, -0.2) is 4.79 Å². The van der Waals surface area contributed by atoms with Crippen molar-refractivity contribution in [2.45, 2.75) is 38.7 Å². The van der Waals surface area contributed by atoms with Crippen molar-refractivity contribution in [1.82, 2.24) is 0 Å². The molecule has 1 aliphatic carbocycles. The predicted molar refractivity (Wildman–Crippen MR) is 97.1 cm³/mol. The lowest BCUT2D eigenvalue weighted by Gasteiger charge is -2.24. The van der Waals surface area contributed by atoms with E-state index in [0.29, 0.717) is 36.5 Å². The van der Waals surface area contributed by atoms with E-state index in [1.54, 1.807) is 12.1 Å². The molecule has 0 atom stereocenters. The first kappa shape index (κ1) is 18.0. The Labute approximate surface area is 152 Å². The summed E-state index contributed by atoms with van der Waals surface area (Å²) < 4.78 is 11.6. The third kappa shape index (κ3) is 3.87. The summed E-state index contributed by atoms with van der Waals surface area (Å²) in [5.41, 5.74) is 1.24. The van der Waals surface area contributed by atoms with Gasteiger partial charge in [-0.1, -0.05) is 30.3 Å². The van der Waals surface area contributed by atoms with Gasteiger partial charge in [0.1, 0.15) is 0 Å². The van der Waals surface area contributed by atoms with Crippen LogP contribution in [0, 0.1) is 0 Å². The molecule has 0 fully saturated rings. The Morgan fingerprint density at radius 3 is 2.54 bits per heavy atom. The fourth-order valence-electron chi connectivity index (χ4n) is 2.89. The zero-order valence-corrected chi connectivity index (χ0v) is 15.0. The molecule has 0 aromatic heterocycles. The Bertz CT molecular complexity index is 824. The minimum atomic E-state index is -1.42. The SMILES string of the molecule is CC(C)(Oc1cc2c(cc1OCCc1ccccc1)CCC2=O)C(=O)O. The van der Waals surface area contributed by atoms with E-state index in [9.17, 15) is 14.7 Å². The first-order valence-electron chi connectivity index (χ1n) is 8.66. The summed E-state index contributed by atoms with van der Waals surface area (Å²) in [6.45, 7) is 3.37. The van der Waals surface area contributed by atoms with Gasteiger partial charge in [0.15, 0.2) is 22.9 Å². The highest BCUT2D eigenvalue weighted by molar-refractivity contribution is 6.01. The van der Waals surface area contributed by atoms with Crippen LogP contribution in [0.25, 0.3) is 0 Å². The molecule has 0 radical (unpaired) electrons. The number of carboxylic acids is 1. The molecule has 0 bridgehead atoms. The molecule has 5 nitrogen and oxygen atoms in total. The first-order valence-corrected chi connectivity index (χ1v) is 8.66. The molecule has 0 saturated carbocycles. The Hall–Kier alpha value is -2.82. The van der Waals surface area contributed by atoms with Crippen molar-refractivity contribution in [3.05, 3.63) is 59.2 Å². The second-order valence-corrected chi connectivity index (χ2v) is 6.88. The van der Waals surface area contributed by atoms with Crippen LogP contribution in [0.2, 0.25) is 0 Å². The van der Waals surface area contributed by atoms with Gasteiger partial charge in [-0.15, -0.1) is 0 Å². The number of Topliss-reactive ketones (excluding diaryl/α,β-unsaturated/α-hetero) is 1. The van der Waals surface area contributed by atoms with E-state index >= 15 is 0 Å². The quantitative estimate of drug-likeness (QED) is 0.821. The second kappa shape index (κ2) is 7.20. The maximum absolute atomic E-state index is 12.0. The van der Waals surface area contributed by atoms with E-state index in [0.717, 1.165) is 17.5 Å². The average Bonchev–Trinajstić information content (AvgIpc) is 2.96. The normalized spacial score (nSPS) is 13.4. The average molecular weight is 354 g/mol. The van der Waals surface area contributed by atoms with Gasteiger partial charge in [0.05, 0.1) is 6.61 Å². The van der Waals surface area contributed by atoms with E-state index in [1.165, 1.54) is 13.8 Å². The number of rotatable bonds is 7. The van der Waals surface area contributed by atoms with Gasteiger partial charge in [0.2, 0.25) is 0 Å². The van der Waals surface area contributed by atoms with E-state index in [2.05, 4.69) is 0 Å². The van der Waals surface area contributed by atoms with Crippen LogP contribution >= 0.6 is 0 Å². The molecule has 2 aromatic carbocycles. The van der Waals surface area contributed by atoms with Crippen LogP contribution in [-0.2, 0) is 17.6 Å². The number of aliphatic carboxylic acids is 1. The first-order chi connectivity index (χ1) is 12.4. The van der Waals surface area contributed by atoms with Gasteiger partial charge in [-0.3, -0.25) is 4.79 Å². The minimum Gasteiger partial charge on any atom is -0.489 e. The highest BCUT2D eigenvalue weighted by atomic mass is 16.5. The highest BCUT2D eigenvalue weighted by Crippen LogP contribution is 2.37. The molecule has 5 heteroatoms. The molecule has 26 heavy (non-hydrogen) atoms. The van der Waals surface area contributed by atoms with E-state index in [4.69, 9.17) is 9.47 Å². The van der Waals surface area contributed by atoms with E-state index in [-0.39, 0.29) is 5.78 Å². The Balaban J connectivity index is 1.82. The van der Waals surface area contributed by atoms with Crippen molar-refractivity contribution >= 4 is 11.8 Å². The van der Waals surface area contributed by atoms with Crippen molar-refractivity contribution in [2.24, 2.45) is 0 Å². The van der Waals surface area contributed by atoms with Crippen molar-refractivity contribution < 1.29 is 24.2 Å². The number of ketones is 1. The molecular formula is C21H22O5. The van der Waals surface area contributed by atoms with Crippen LogP contribution < -0.4 is 9.47 Å². The summed E-state index contributed by atoms with van der Waals surface area (Å²) in [5, 5.41) is 9.33. The molecule has 0 aliphatic heterocycles. The summed E-state index contributed by atoms with van der Waals surface area (Å²) in [6.07, 6.45) is 1.86. The fourth-order valence-corrected chi connectivity index (χ4v) is 2.89. The third-order valence-corrected chi connectivity index (χ3v) is 4.46. The standard InChI is InChI=1S/C21H22O5/c1-21(2,20(23)24)26-19-13-16-15(8-9-17(16)22)12-18(19)25-11-10-14-6-4-3-5-7-14/h3-7,12-13H,8-11H2,1-2H3,(H,23,24). The lowest BCUT2D eigenvalue weighted by Crippen LogP contribution is -2.38. The minimum absolute atomic E-state index is 0.0498. The molecule has 0 spiro atoms. The van der Waals surface area contributed by atoms with Gasteiger partial charge in [-0.05, 0) is 43.5 Å². The molecule has 1 N–H and O–H groups in total. The topological polar surface area (TPSA) is 72.8 Å². The number of aryl methyl sites for hydroxylation is 1. The number of hydrogen-bond donors (Lipinski definition) is 1.